The number of thiol groups is 1. The largest absolute Gasteiger partial charge is 0.468 e. The van der Waals surface area contributed by atoms with E-state index in [4.69, 9.17) is 11.2 Å². The Kier molecular flexibility index (Phi) is 11.3. The normalized spacial score (nSPS) is 13.0. The van der Waals surface area contributed by atoms with Crippen LogP contribution in [0.2, 0.25) is 0 Å². The van der Waals surface area contributed by atoms with Crippen LogP contribution in [-0.4, -0.2) is 65.4 Å². The van der Waals surface area contributed by atoms with Crippen molar-refractivity contribution in [1.82, 2.24) is 15.5 Å². The Morgan fingerprint density at radius 2 is 1.75 bits per heavy atom. The van der Waals surface area contributed by atoms with E-state index in [9.17, 15) is 19.2 Å². The molecule has 2 unspecified atom stereocenters. The summed E-state index contributed by atoms with van der Waals surface area (Å²) in [4.78, 5) is 53.1. The highest BCUT2D eigenvalue weighted by Gasteiger charge is 2.43. The molecule has 2 N–H and O–H groups in total. The number of nitrogens with zero attached hydrogens (tertiary/aromatic N) is 1. The van der Waals surface area contributed by atoms with Gasteiger partial charge in [0, 0.05) is 16.9 Å². The number of nitrogens with one attached hydrogen (secondary N) is 2. The number of amides is 3. The first-order valence-electron chi connectivity index (χ1n) is 11.6. The van der Waals surface area contributed by atoms with E-state index in [0.717, 1.165) is 0 Å². The first kappa shape index (κ1) is 30.8. The summed E-state index contributed by atoms with van der Waals surface area (Å²) in [7, 11) is 1.20. The number of carbonyl (C=O) groups excluding carboxylic acids is 4. The number of alkyl carbamates (subject to hydrolysis) is 1. The third-order valence-electron chi connectivity index (χ3n) is 5.48. The van der Waals surface area contributed by atoms with Crippen LogP contribution < -0.4 is 10.6 Å². The van der Waals surface area contributed by atoms with Crippen LogP contribution in [0.4, 0.5) is 4.79 Å². The zero-order valence-corrected chi connectivity index (χ0v) is 22.9. The summed E-state index contributed by atoms with van der Waals surface area (Å²) in [6.45, 7) is 10.2. The van der Waals surface area contributed by atoms with Gasteiger partial charge >= 0.3 is 12.1 Å². The van der Waals surface area contributed by atoms with E-state index in [1.165, 1.54) is 12.0 Å². The van der Waals surface area contributed by atoms with Crippen LogP contribution in [0.5, 0.6) is 0 Å². The molecule has 0 aliphatic carbocycles. The topological polar surface area (TPSA) is 114 Å². The molecule has 0 aliphatic rings. The van der Waals surface area contributed by atoms with Crippen molar-refractivity contribution in [2.24, 2.45) is 0 Å². The van der Waals surface area contributed by atoms with Gasteiger partial charge in [-0.2, -0.15) is 12.6 Å². The number of terminal acetylenes is 1. The lowest BCUT2D eigenvalue weighted by molar-refractivity contribution is -0.149. The van der Waals surface area contributed by atoms with Gasteiger partial charge in [-0.1, -0.05) is 31.0 Å². The molecule has 0 saturated carbocycles. The summed E-state index contributed by atoms with van der Waals surface area (Å²) >= 11 is 4.28. The summed E-state index contributed by atoms with van der Waals surface area (Å²) in [5.41, 5.74) is -0.850. The molecule has 198 valence electrons. The average Bonchev–Trinajstić information content (AvgIpc) is 2.82. The maximum Gasteiger partial charge on any atom is 0.408 e. The number of carbonyl (C=O) groups is 4. The fraction of sp³-hybridized carbons (Fsp3) is 0.538. The molecule has 0 saturated heterocycles. The van der Waals surface area contributed by atoms with E-state index in [2.05, 4.69) is 33.9 Å². The quantitative estimate of drug-likeness (QED) is 0.249. The van der Waals surface area contributed by atoms with Crippen molar-refractivity contribution in [1.29, 1.82) is 0 Å². The standard InChI is InChI=1S/C26H37N3O6S/c1-9-17-13-11-12-14-18(17)21(22(31)27-15-20(30)34-8)29(26(6,7)10-2)23(32)19(16-36)28-24(33)35-25(3,4)5/h1,11-14,19,21,36H,10,15-16H2,2-8H3,(H,27,31)(H,28,33). The maximum atomic E-state index is 14.0. The van der Waals surface area contributed by atoms with Crippen LogP contribution in [0, 0.1) is 12.3 Å². The molecule has 2 atom stereocenters. The summed E-state index contributed by atoms with van der Waals surface area (Å²) in [6, 6.07) is 4.41. The smallest absolute Gasteiger partial charge is 0.408 e. The van der Waals surface area contributed by atoms with Gasteiger partial charge in [-0.05, 0) is 52.7 Å². The van der Waals surface area contributed by atoms with Crippen LogP contribution in [-0.2, 0) is 23.9 Å². The van der Waals surface area contributed by atoms with E-state index in [0.29, 0.717) is 17.5 Å². The molecule has 0 spiro atoms. The van der Waals surface area contributed by atoms with Crippen LogP contribution >= 0.6 is 12.6 Å². The second-order valence-corrected chi connectivity index (χ2v) is 10.0. The van der Waals surface area contributed by atoms with Crippen molar-refractivity contribution >= 4 is 36.5 Å². The Morgan fingerprint density at radius 1 is 1.14 bits per heavy atom. The van der Waals surface area contributed by atoms with Crippen molar-refractivity contribution in [3.63, 3.8) is 0 Å². The van der Waals surface area contributed by atoms with Crippen LogP contribution in [0.3, 0.4) is 0 Å². The number of esters is 1. The lowest BCUT2D eigenvalue weighted by Crippen LogP contribution is -2.60. The fourth-order valence-electron chi connectivity index (χ4n) is 3.34. The van der Waals surface area contributed by atoms with Gasteiger partial charge in [0.25, 0.3) is 0 Å². The lowest BCUT2D eigenvalue weighted by atomic mass is 9.90. The molecular formula is C26H37N3O6S. The number of hydrogen-bond donors (Lipinski definition) is 3. The van der Waals surface area contributed by atoms with Gasteiger partial charge in [-0.15, -0.1) is 6.42 Å². The van der Waals surface area contributed by atoms with Crippen molar-refractivity contribution in [2.45, 2.75) is 71.2 Å². The number of rotatable bonds is 10. The predicted molar refractivity (Wildman–Crippen MR) is 140 cm³/mol. The summed E-state index contributed by atoms with van der Waals surface area (Å²) < 4.78 is 9.93. The molecule has 36 heavy (non-hydrogen) atoms. The Hall–Kier alpha value is -3.19. The van der Waals surface area contributed by atoms with Crippen molar-refractivity contribution in [3.05, 3.63) is 35.4 Å². The first-order valence-corrected chi connectivity index (χ1v) is 12.2. The molecule has 0 bridgehead atoms. The highest BCUT2D eigenvalue weighted by molar-refractivity contribution is 7.80. The second kappa shape index (κ2) is 13.2. The maximum absolute atomic E-state index is 14.0. The molecule has 1 rings (SSSR count). The van der Waals surface area contributed by atoms with Crippen molar-refractivity contribution in [2.75, 3.05) is 19.4 Å². The van der Waals surface area contributed by atoms with Gasteiger partial charge in [-0.25, -0.2) is 4.79 Å². The third kappa shape index (κ3) is 8.48. The van der Waals surface area contributed by atoms with Crippen LogP contribution in [0.15, 0.2) is 24.3 Å². The molecule has 0 fully saturated rings. The molecule has 3 amide bonds. The Bertz CT molecular complexity index is 996. The summed E-state index contributed by atoms with van der Waals surface area (Å²) in [5, 5.41) is 5.09. The van der Waals surface area contributed by atoms with Crippen molar-refractivity contribution < 1.29 is 28.7 Å². The molecule has 1 aromatic rings. The van der Waals surface area contributed by atoms with E-state index in [1.807, 2.05) is 6.92 Å². The highest BCUT2D eigenvalue weighted by Crippen LogP contribution is 2.33. The van der Waals surface area contributed by atoms with E-state index < -0.39 is 53.6 Å². The Morgan fingerprint density at radius 3 is 2.25 bits per heavy atom. The molecule has 0 radical (unpaired) electrons. The fourth-order valence-corrected chi connectivity index (χ4v) is 3.59. The zero-order chi connectivity index (χ0) is 27.7. The highest BCUT2D eigenvalue weighted by atomic mass is 32.1. The Labute approximate surface area is 219 Å². The molecule has 1 aromatic carbocycles. The minimum atomic E-state index is -1.22. The summed E-state index contributed by atoms with van der Waals surface area (Å²) in [5.74, 6) is 0.656. The molecule has 0 aliphatic heterocycles. The Balaban J connectivity index is 3.63. The first-order chi connectivity index (χ1) is 16.7. The van der Waals surface area contributed by atoms with Gasteiger partial charge in [0.2, 0.25) is 11.8 Å². The minimum absolute atomic E-state index is 0.0539. The van der Waals surface area contributed by atoms with E-state index in [1.54, 1.807) is 58.9 Å². The molecule has 9 nitrogen and oxygen atoms in total. The third-order valence-corrected chi connectivity index (χ3v) is 5.84. The van der Waals surface area contributed by atoms with Crippen LogP contribution in [0.25, 0.3) is 0 Å². The number of hydrogen-bond acceptors (Lipinski definition) is 7. The van der Waals surface area contributed by atoms with Gasteiger partial charge in [0.15, 0.2) is 0 Å². The zero-order valence-electron chi connectivity index (χ0n) is 22.0. The minimum Gasteiger partial charge on any atom is -0.468 e. The van der Waals surface area contributed by atoms with Crippen LogP contribution in [0.1, 0.15) is 65.1 Å². The average molecular weight is 520 g/mol. The van der Waals surface area contributed by atoms with Gasteiger partial charge in [-0.3, -0.25) is 14.4 Å². The monoisotopic (exact) mass is 519 g/mol. The molecule has 10 heteroatoms. The van der Waals surface area contributed by atoms with Gasteiger partial charge in [0.1, 0.15) is 24.2 Å². The van der Waals surface area contributed by atoms with Gasteiger partial charge < -0.3 is 25.0 Å². The molecular weight excluding hydrogens is 482 g/mol. The summed E-state index contributed by atoms with van der Waals surface area (Å²) in [6.07, 6.45) is 5.39. The number of methoxy groups -OCH3 is 1. The van der Waals surface area contributed by atoms with E-state index >= 15 is 0 Å². The molecule has 0 heterocycles. The predicted octanol–water partition coefficient (Wildman–Crippen LogP) is 2.84. The van der Waals surface area contributed by atoms with E-state index in [-0.39, 0.29) is 5.75 Å². The second-order valence-electron chi connectivity index (χ2n) is 9.68. The number of ether oxygens (including phenoxy) is 2. The number of benzene rings is 1. The molecule has 0 aromatic heterocycles. The SMILES string of the molecule is C#Cc1ccccc1C(C(=O)NCC(=O)OC)N(C(=O)C(CS)NC(=O)OC(C)(C)C)C(C)(C)CC. The van der Waals surface area contributed by atoms with Gasteiger partial charge in [0.05, 0.1) is 7.11 Å². The van der Waals surface area contributed by atoms with Crippen molar-refractivity contribution in [3.8, 4) is 12.3 Å². The lowest BCUT2D eigenvalue weighted by Gasteiger charge is -2.44.